The van der Waals surface area contributed by atoms with Crippen molar-refractivity contribution >= 4 is 15.8 Å². The quantitative estimate of drug-likeness (QED) is 0.621. The Morgan fingerprint density at radius 2 is 2.09 bits per heavy atom. The van der Waals surface area contributed by atoms with Crippen molar-refractivity contribution in [2.75, 3.05) is 31.6 Å². The molecule has 1 fully saturated rings. The van der Waals surface area contributed by atoms with Crippen LogP contribution >= 0.6 is 0 Å². The van der Waals surface area contributed by atoms with E-state index in [0.29, 0.717) is 24.8 Å². The maximum Gasteiger partial charge on any atom is 0.191 e. The van der Waals surface area contributed by atoms with Crippen molar-refractivity contribution in [1.82, 2.24) is 10.6 Å². The first kappa shape index (κ1) is 16.1. The van der Waals surface area contributed by atoms with Gasteiger partial charge in [0.25, 0.3) is 0 Å². The fraction of sp³-hybridized carbons (Fsp3) is 0.562. The monoisotopic (exact) mass is 337 g/mol. The fourth-order valence-corrected chi connectivity index (χ4v) is 4.93. The molecule has 6 nitrogen and oxygen atoms in total. The first-order chi connectivity index (χ1) is 11.1. The highest BCUT2D eigenvalue weighted by atomic mass is 32.2. The third-order valence-electron chi connectivity index (χ3n) is 4.32. The largest absolute Gasteiger partial charge is 0.488 e. The number of nitrogens with zero attached hydrogens (tertiary/aromatic N) is 1. The van der Waals surface area contributed by atoms with Gasteiger partial charge in [0.15, 0.2) is 15.8 Å². The molecule has 0 radical (unpaired) electrons. The van der Waals surface area contributed by atoms with Gasteiger partial charge in [-0.3, -0.25) is 4.99 Å². The number of aliphatic imine (C=N–C) groups is 1. The SMILES string of the molecule is CN=C(NCC1CCS(=O)(=O)C1)NCC1Cc2ccccc2O1. The van der Waals surface area contributed by atoms with Gasteiger partial charge >= 0.3 is 0 Å². The van der Waals surface area contributed by atoms with E-state index in [9.17, 15) is 8.42 Å². The number of benzene rings is 1. The molecule has 2 atom stereocenters. The van der Waals surface area contributed by atoms with Crippen LogP contribution in [0.2, 0.25) is 0 Å². The Morgan fingerprint density at radius 1 is 1.30 bits per heavy atom. The van der Waals surface area contributed by atoms with E-state index in [1.54, 1.807) is 7.05 Å². The minimum Gasteiger partial charge on any atom is -0.488 e. The molecule has 2 N–H and O–H groups in total. The lowest BCUT2D eigenvalue weighted by Crippen LogP contribution is -2.43. The number of hydrogen-bond acceptors (Lipinski definition) is 4. The van der Waals surface area contributed by atoms with Crippen LogP contribution in [0.3, 0.4) is 0 Å². The molecule has 1 saturated heterocycles. The second-order valence-corrected chi connectivity index (χ2v) is 8.38. The summed E-state index contributed by atoms with van der Waals surface area (Å²) in [5.41, 5.74) is 1.23. The lowest BCUT2D eigenvalue weighted by molar-refractivity contribution is 0.235. The summed E-state index contributed by atoms with van der Waals surface area (Å²) in [6.07, 6.45) is 1.71. The molecule has 0 aliphatic carbocycles. The molecule has 2 heterocycles. The first-order valence-corrected chi connectivity index (χ1v) is 9.77. The summed E-state index contributed by atoms with van der Waals surface area (Å²) >= 11 is 0. The predicted molar refractivity (Wildman–Crippen MR) is 90.7 cm³/mol. The van der Waals surface area contributed by atoms with Gasteiger partial charge in [0, 0.05) is 20.0 Å². The van der Waals surface area contributed by atoms with Gasteiger partial charge in [-0.25, -0.2) is 8.42 Å². The van der Waals surface area contributed by atoms with Crippen LogP contribution in [-0.4, -0.2) is 52.1 Å². The molecular weight excluding hydrogens is 314 g/mol. The number of guanidine groups is 1. The highest BCUT2D eigenvalue weighted by Gasteiger charge is 2.28. The normalized spacial score (nSPS) is 25.7. The summed E-state index contributed by atoms with van der Waals surface area (Å²) < 4.78 is 28.8. The molecule has 0 saturated carbocycles. The zero-order chi connectivity index (χ0) is 16.3. The van der Waals surface area contributed by atoms with Crippen molar-refractivity contribution in [3.63, 3.8) is 0 Å². The Bertz CT molecular complexity index is 663. The van der Waals surface area contributed by atoms with Crippen LogP contribution in [-0.2, 0) is 16.3 Å². The summed E-state index contributed by atoms with van der Waals surface area (Å²) in [5.74, 6) is 2.40. The number of nitrogens with one attached hydrogen (secondary N) is 2. The van der Waals surface area contributed by atoms with E-state index in [1.165, 1.54) is 5.56 Å². The van der Waals surface area contributed by atoms with Crippen molar-refractivity contribution in [3.05, 3.63) is 29.8 Å². The number of hydrogen-bond donors (Lipinski definition) is 2. The van der Waals surface area contributed by atoms with Crippen LogP contribution in [0.1, 0.15) is 12.0 Å². The first-order valence-electron chi connectivity index (χ1n) is 7.95. The van der Waals surface area contributed by atoms with Gasteiger partial charge in [0.1, 0.15) is 11.9 Å². The van der Waals surface area contributed by atoms with Crippen molar-refractivity contribution in [2.45, 2.75) is 18.9 Å². The van der Waals surface area contributed by atoms with Gasteiger partial charge in [0.2, 0.25) is 0 Å². The maximum absolute atomic E-state index is 11.5. The number of fused-ring (bicyclic) bond motifs is 1. The van der Waals surface area contributed by atoms with Gasteiger partial charge in [-0.1, -0.05) is 18.2 Å². The predicted octanol–water partition coefficient (Wildman–Crippen LogP) is 0.590. The Kier molecular flexibility index (Phi) is 4.75. The number of ether oxygens (including phenoxy) is 1. The average molecular weight is 337 g/mol. The van der Waals surface area contributed by atoms with Crippen molar-refractivity contribution in [3.8, 4) is 5.75 Å². The van der Waals surface area contributed by atoms with E-state index in [0.717, 1.165) is 18.6 Å². The average Bonchev–Trinajstić information content (AvgIpc) is 3.09. The Labute approximate surface area is 137 Å². The number of sulfone groups is 1. The molecule has 2 aliphatic rings. The number of para-hydroxylation sites is 1. The molecule has 7 heteroatoms. The zero-order valence-electron chi connectivity index (χ0n) is 13.3. The lowest BCUT2D eigenvalue weighted by atomic mass is 10.1. The summed E-state index contributed by atoms with van der Waals surface area (Å²) in [6, 6.07) is 8.07. The minimum absolute atomic E-state index is 0.0952. The van der Waals surface area contributed by atoms with Crippen molar-refractivity contribution < 1.29 is 13.2 Å². The molecule has 2 unspecified atom stereocenters. The maximum atomic E-state index is 11.5. The Morgan fingerprint density at radius 3 is 2.78 bits per heavy atom. The minimum atomic E-state index is -2.83. The third-order valence-corrected chi connectivity index (χ3v) is 6.16. The number of rotatable bonds is 4. The van der Waals surface area contributed by atoms with E-state index >= 15 is 0 Å². The van der Waals surface area contributed by atoms with Crippen LogP contribution in [0.4, 0.5) is 0 Å². The van der Waals surface area contributed by atoms with Crippen LogP contribution in [0.15, 0.2) is 29.3 Å². The van der Waals surface area contributed by atoms with Crippen LogP contribution in [0.5, 0.6) is 5.75 Å². The van der Waals surface area contributed by atoms with E-state index < -0.39 is 9.84 Å². The van der Waals surface area contributed by atoms with E-state index in [4.69, 9.17) is 4.74 Å². The summed E-state index contributed by atoms with van der Waals surface area (Å²) in [6.45, 7) is 1.29. The van der Waals surface area contributed by atoms with Gasteiger partial charge in [-0.2, -0.15) is 0 Å². The van der Waals surface area contributed by atoms with E-state index in [2.05, 4.69) is 21.7 Å². The Balaban J connectivity index is 1.43. The molecule has 1 aromatic rings. The lowest BCUT2D eigenvalue weighted by Gasteiger charge is -2.17. The molecule has 1 aromatic carbocycles. The molecule has 0 aromatic heterocycles. The second kappa shape index (κ2) is 6.78. The summed E-state index contributed by atoms with van der Waals surface area (Å²) in [7, 11) is -1.11. The van der Waals surface area contributed by atoms with E-state index in [1.807, 2.05) is 18.2 Å². The highest BCUT2D eigenvalue weighted by molar-refractivity contribution is 7.91. The fourth-order valence-electron chi connectivity index (χ4n) is 3.07. The van der Waals surface area contributed by atoms with Crippen molar-refractivity contribution in [2.24, 2.45) is 10.9 Å². The van der Waals surface area contributed by atoms with Crippen LogP contribution < -0.4 is 15.4 Å². The van der Waals surface area contributed by atoms with Crippen LogP contribution in [0.25, 0.3) is 0 Å². The molecule has 126 valence electrons. The zero-order valence-corrected chi connectivity index (χ0v) is 14.1. The standard InChI is InChI=1S/C16H23N3O3S/c1-17-16(18-9-12-6-7-23(20,21)11-12)19-10-14-8-13-4-2-3-5-15(13)22-14/h2-5,12,14H,6-11H2,1H3,(H2,17,18,19). The Hall–Kier alpha value is -1.76. The molecule has 0 amide bonds. The molecule has 0 bridgehead atoms. The molecule has 3 rings (SSSR count). The second-order valence-electron chi connectivity index (χ2n) is 6.15. The van der Waals surface area contributed by atoms with Gasteiger partial charge in [-0.15, -0.1) is 0 Å². The molecular formula is C16H23N3O3S. The smallest absolute Gasteiger partial charge is 0.191 e. The van der Waals surface area contributed by atoms with Crippen molar-refractivity contribution in [1.29, 1.82) is 0 Å². The van der Waals surface area contributed by atoms with Gasteiger partial charge in [-0.05, 0) is 24.0 Å². The van der Waals surface area contributed by atoms with Crippen LogP contribution in [0, 0.1) is 5.92 Å². The molecule has 23 heavy (non-hydrogen) atoms. The van der Waals surface area contributed by atoms with Gasteiger partial charge < -0.3 is 15.4 Å². The summed E-state index contributed by atoms with van der Waals surface area (Å²) in [5, 5.41) is 6.47. The topological polar surface area (TPSA) is 79.8 Å². The summed E-state index contributed by atoms with van der Waals surface area (Å²) in [4.78, 5) is 4.18. The van der Waals surface area contributed by atoms with Gasteiger partial charge in [0.05, 0.1) is 18.1 Å². The molecule has 0 spiro atoms. The molecule has 2 aliphatic heterocycles. The third kappa shape index (κ3) is 4.16. The van der Waals surface area contributed by atoms with E-state index in [-0.39, 0.29) is 17.8 Å². The highest BCUT2D eigenvalue weighted by Crippen LogP contribution is 2.27.